The smallest absolute Gasteiger partial charge is 0.248 e. The molecule has 0 aromatic heterocycles. The van der Waals surface area contributed by atoms with Crippen LogP contribution in [0.2, 0.25) is 0 Å². The summed E-state index contributed by atoms with van der Waals surface area (Å²) < 4.78 is 0. The molecular formula is C12H22N2O2. The first-order valence-corrected chi connectivity index (χ1v) is 5.90. The molecule has 0 saturated carbocycles. The van der Waals surface area contributed by atoms with E-state index in [4.69, 9.17) is 0 Å². The van der Waals surface area contributed by atoms with Crippen molar-refractivity contribution in [1.82, 2.24) is 10.2 Å². The first-order chi connectivity index (χ1) is 7.27. The fraction of sp³-hybridized carbons (Fsp3) is 0.833. The molecule has 1 saturated heterocycles. The Morgan fingerprint density at radius 3 is 2.38 bits per heavy atom. The average molecular weight is 226 g/mol. The van der Waals surface area contributed by atoms with E-state index < -0.39 is 5.54 Å². The van der Waals surface area contributed by atoms with Gasteiger partial charge in [-0.25, -0.2) is 0 Å². The number of rotatable bonds is 3. The maximum atomic E-state index is 12.3. The number of hydrogen-bond donors (Lipinski definition) is 1. The molecule has 1 aliphatic heterocycles. The van der Waals surface area contributed by atoms with Crippen LogP contribution in [-0.2, 0) is 9.59 Å². The molecule has 1 atom stereocenters. The van der Waals surface area contributed by atoms with Gasteiger partial charge in [0.05, 0.1) is 0 Å². The van der Waals surface area contributed by atoms with Gasteiger partial charge >= 0.3 is 0 Å². The molecule has 0 aromatic carbocycles. The highest BCUT2D eigenvalue weighted by Gasteiger charge is 2.45. The molecule has 1 fully saturated rings. The van der Waals surface area contributed by atoms with Crippen LogP contribution in [0.25, 0.3) is 0 Å². The molecule has 1 rings (SSSR count). The third-order valence-corrected chi connectivity index (χ3v) is 3.74. The Bertz CT molecular complexity index is 312. The van der Waals surface area contributed by atoms with Gasteiger partial charge in [-0.15, -0.1) is 0 Å². The van der Waals surface area contributed by atoms with E-state index in [-0.39, 0.29) is 23.9 Å². The van der Waals surface area contributed by atoms with Crippen molar-refractivity contribution in [1.29, 1.82) is 0 Å². The minimum atomic E-state index is -0.734. The molecule has 16 heavy (non-hydrogen) atoms. The van der Waals surface area contributed by atoms with Gasteiger partial charge in [-0.05, 0) is 33.6 Å². The lowest BCUT2D eigenvalue weighted by molar-refractivity contribution is -0.155. The highest BCUT2D eigenvalue weighted by atomic mass is 16.2. The molecule has 4 nitrogen and oxygen atoms in total. The van der Waals surface area contributed by atoms with Crippen LogP contribution in [0.1, 0.15) is 47.5 Å². The van der Waals surface area contributed by atoms with Gasteiger partial charge in [0.25, 0.3) is 0 Å². The zero-order chi connectivity index (χ0) is 12.6. The maximum Gasteiger partial charge on any atom is 0.248 e. The molecule has 1 heterocycles. The zero-order valence-corrected chi connectivity index (χ0v) is 10.9. The van der Waals surface area contributed by atoms with Gasteiger partial charge in [-0.2, -0.15) is 0 Å². The van der Waals surface area contributed by atoms with Crippen LogP contribution in [0.4, 0.5) is 0 Å². The normalized spacial score (nSPS) is 26.9. The SMILES string of the molecule is CCC1(C)NC(=O)CN(C(C)(C)CC)C1=O. The lowest BCUT2D eigenvalue weighted by Crippen LogP contribution is -2.68. The molecule has 0 aromatic rings. The lowest BCUT2D eigenvalue weighted by atomic mass is 9.89. The summed E-state index contributed by atoms with van der Waals surface area (Å²) in [5, 5.41) is 2.79. The summed E-state index contributed by atoms with van der Waals surface area (Å²) in [4.78, 5) is 25.7. The molecule has 1 aliphatic rings. The van der Waals surface area contributed by atoms with Crippen molar-refractivity contribution in [3.8, 4) is 0 Å². The van der Waals surface area contributed by atoms with E-state index in [0.29, 0.717) is 6.42 Å². The second-order valence-electron chi connectivity index (χ2n) is 5.29. The Morgan fingerprint density at radius 1 is 1.38 bits per heavy atom. The summed E-state index contributed by atoms with van der Waals surface area (Å²) in [6.07, 6.45) is 1.46. The number of piperazine rings is 1. The van der Waals surface area contributed by atoms with Crippen molar-refractivity contribution in [2.24, 2.45) is 0 Å². The van der Waals surface area contributed by atoms with Crippen molar-refractivity contribution >= 4 is 11.8 Å². The van der Waals surface area contributed by atoms with Crippen molar-refractivity contribution < 1.29 is 9.59 Å². The highest BCUT2D eigenvalue weighted by Crippen LogP contribution is 2.26. The molecule has 0 spiro atoms. The van der Waals surface area contributed by atoms with Crippen molar-refractivity contribution in [2.75, 3.05) is 6.54 Å². The average Bonchev–Trinajstić information content (AvgIpc) is 2.23. The Morgan fingerprint density at radius 2 is 1.94 bits per heavy atom. The van der Waals surface area contributed by atoms with Crippen molar-refractivity contribution in [3.05, 3.63) is 0 Å². The quantitative estimate of drug-likeness (QED) is 0.788. The second-order valence-corrected chi connectivity index (χ2v) is 5.29. The van der Waals surface area contributed by atoms with E-state index in [1.807, 2.05) is 27.7 Å². The Kier molecular flexibility index (Phi) is 3.31. The molecule has 92 valence electrons. The van der Waals surface area contributed by atoms with Crippen molar-refractivity contribution in [2.45, 2.75) is 58.5 Å². The van der Waals surface area contributed by atoms with E-state index in [2.05, 4.69) is 5.32 Å². The molecule has 0 aliphatic carbocycles. The third kappa shape index (κ3) is 2.06. The van der Waals surface area contributed by atoms with Crippen LogP contribution >= 0.6 is 0 Å². The maximum absolute atomic E-state index is 12.3. The van der Waals surface area contributed by atoms with Gasteiger partial charge < -0.3 is 10.2 Å². The van der Waals surface area contributed by atoms with Crippen LogP contribution in [-0.4, -0.2) is 34.3 Å². The van der Waals surface area contributed by atoms with Gasteiger partial charge in [-0.3, -0.25) is 9.59 Å². The van der Waals surface area contributed by atoms with E-state index >= 15 is 0 Å². The number of nitrogens with one attached hydrogen (secondary N) is 1. The number of hydrogen-bond acceptors (Lipinski definition) is 2. The minimum Gasteiger partial charge on any atom is -0.340 e. The summed E-state index contributed by atoms with van der Waals surface area (Å²) >= 11 is 0. The number of carbonyl (C=O) groups excluding carboxylic acids is 2. The summed E-state index contributed by atoms with van der Waals surface area (Å²) in [7, 11) is 0. The highest BCUT2D eigenvalue weighted by molar-refractivity contribution is 5.98. The topological polar surface area (TPSA) is 49.4 Å². The molecule has 0 radical (unpaired) electrons. The predicted octanol–water partition coefficient (Wildman–Crippen LogP) is 1.30. The summed E-state index contributed by atoms with van der Waals surface area (Å²) in [6.45, 7) is 9.92. The fourth-order valence-electron chi connectivity index (χ4n) is 1.83. The second kappa shape index (κ2) is 4.07. The summed E-state index contributed by atoms with van der Waals surface area (Å²) in [6, 6.07) is 0. The van der Waals surface area contributed by atoms with Crippen LogP contribution < -0.4 is 5.32 Å². The largest absolute Gasteiger partial charge is 0.340 e. The molecular weight excluding hydrogens is 204 g/mol. The third-order valence-electron chi connectivity index (χ3n) is 3.74. The van der Waals surface area contributed by atoms with Crippen LogP contribution in [0.5, 0.6) is 0 Å². The predicted molar refractivity (Wildman–Crippen MR) is 62.9 cm³/mol. The van der Waals surface area contributed by atoms with Crippen LogP contribution in [0.3, 0.4) is 0 Å². The van der Waals surface area contributed by atoms with E-state index in [9.17, 15) is 9.59 Å². The van der Waals surface area contributed by atoms with E-state index in [1.165, 1.54) is 0 Å². The first-order valence-electron chi connectivity index (χ1n) is 5.90. The zero-order valence-electron chi connectivity index (χ0n) is 10.9. The summed E-state index contributed by atoms with van der Waals surface area (Å²) in [5.74, 6) is -0.0353. The molecule has 4 heteroatoms. The molecule has 1 unspecified atom stereocenters. The van der Waals surface area contributed by atoms with Gasteiger partial charge in [0, 0.05) is 5.54 Å². The Balaban J connectivity index is 3.03. The van der Waals surface area contributed by atoms with Crippen LogP contribution in [0, 0.1) is 0 Å². The summed E-state index contributed by atoms with van der Waals surface area (Å²) in [5.41, 5.74) is -0.993. The van der Waals surface area contributed by atoms with E-state index in [0.717, 1.165) is 6.42 Å². The number of carbonyl (C=O) groups is 2. The number of amides is 2. The monoisotopic (exact) mass is 226 g/mol. The van der Waals surface area contributed by atoms with Gasteiger partial charge in [0.2, 0.25) is 11.8 Å². The van der Waals surface area contributed by atoms with Gasteiger partial charge in [0.1, 0.15) is 12.1 Å². The Hall–Kier alpha value is -1.06. The first kappa shape index (κ1) is 13.0. The fourth-order valence-corrected chi connectivity index (χ4v) is 1.83. The van der Waals surface area contributed by atoms with E-state index in [1.54, 1.807) is 11.8 Å². The Labute approximate surface area is 97.4 Å². The molecule has 0 bridgehead atoms. The number of nitrogens with zero attached hydrogens (tertiary/aromatic N) is 1. The molecule has 1 N–H and O–H groups in total. The molecule has 2 amide bonds. The standard InChI is InChI=1S/C12H22N2O2/c1-6-11(3,4)14-8-9(15)13-12(5,7-2)10(14)16/h6-8H2,1-5H3,(H,13,15). The van der Waals surface area contributed by atoms with Crippen LogP contribution in [0.15, 0.2) is 0 Å². The van der Waals surface area contributed by atoms with Gasteiger partial charge in [0.15, 0.2) is 0 Å². The van der Waals surface area contributed by atoms with Gasteiger partial charge in [-0.1, -0.05) is 13.8 Å². The lowest BCUT2D eigenvalue weighted by Gasteiger charge is -2.46. The van der Waals surface area contributed by atoms with Crippen molar-refractivity contribution in [3.63, 3.8) is 0 Å². The minimum absolute atomic E-state index is 0.0291.